The maximum absolute atomic E-state index is 12.5. The number of thioether (sulfide) groups is 1. The van der Waals surface area contributed by atoms with Crippen molar-refractivity contribution in [3.05, 3.63) is 78.4 Å². The molecule has 0 unspecified atom stereocenters. The first-order valence-electron chi connectivity index (χ1n) is 9.86. The first-order chi connectivity index (χ1) is 15.2. The highest BCUT2D eigenvalue weighted by Gasteiger charge is 2.17. The van der Waals surface area contributed by atoms with E-state index >= 15 is 0 Å². The fourth-order valence-corrected chi connectivity index (χ4v) is 4.13. The van der Waals surface area contributed by atoms with Gasteiger partial charge in [0.15, 0.2) is 11.5 Å². The molecule has 7 heteroatoms. The van der Waals surface area contributed by atoms with Crippen LogP contribution in [0.1, 0.15) is 12.0 Å². The van der Waals surface area contributed by atoms with E-state index in [0.717, 1.165) is 27.7 Å². The third-order valence-corrected chi connectivity index (χ3v) is 5.81. The Morgan fingerprint density at radius 3 is 2.48 bits per heavy atom. The number of benzene rings is 3. The van der Waals surface area contributed by atoms with Crippen molar-refractivity contribution < 1.29 is 14.3 Å². The van der Waals surface area contributed by atoms with Crippen LogP contribution in [0.3, 0.4) is 0 Å². The van der Waals surface area contributed by atoms with Gasteiger partial charge in [-0.3, -0.25) is 9.79 Å². The van der Waals surface area contributed by atoms with Gasteiger partial charge in [-0.15, -0.1) is 11.8 Å². The third kappa shape index (κ3) is 4.46. The van der Waals surface area contributed by atoms with Crippen molar-refractivity contribution in [3.63, 3.8) is 0 Å². The molecule has 3 aromatic rings. The molecule has 0 atom stereocenters. The fraction of sp³-hybridized carbons (Fsp3) is 0.125. The number of hydrogen-bond donors (Lipinski definition) is 1. The van der Waals surface area contributed by atoms with E-state index in [1.165, 1.54) is 11.8 Å². The Balaban J connectivity index is 1.31. The minimum Gasteiger partial charge on any atom is -0.454 e. The summed E-state index contributed by atoms with van der Waals surface area (Å²) in [5.74, 6) is 1.46. The van der Waals surface area contributed by atoms with Crippen molar-refractivity contribution in [2.45, 2.75) is 6.42 Å². The molecule has 6 nitrogen and oxygen atoms in total. The number of carbonyl (C=O) groups excluding carboxylic acids is 1. The number of amides is 1. The van der Waals surface area contributed by atoms with E-state index in [0.29, 0.717) is 23.6 Å². The van der Waals surface area contributed by atoms with Crippen LogP contribution in [0.5, 0.6) is 11.5 Å². The molecular weight excluding hydrogens is 410 g/mol. The summed E-state index contributed by atoms with van der Waals surface area (Å²) in [4.78, 5) is 22.2. The van der Waals surface area contributed by atoms with Gasteiger partial charge in [0.2, 0.25) is 12.7 Å². The Morgan fingerprint density at radius 2 is 1.65 bits per heavy atom. The van der Waals surface area contributed by atoms with Crippen molar-refractivity contribution in [3.8, 4) is 11.5 Å². The van der Waals surface area contributed by atoms with Gasteiger partial charge < -0.3 is 14.8 Å². The average molecular weight is 430 g/mol. The second-order valence-corrected chi connectivity index (χ2v) is 8.05. The van der Waals surface area contributed by atoms with Crippen molar-refractivity contribution >= 4 is 45.5 Å². The minimum absolute atomic E-state index is 0.109. The molecule has 31 heavy (non-hydrogen) atoms. The number of nitrogens with one attached hydrogen (secondary N) is 1. The van der Waals surface area contributed by atoms with Gasteiger partial charge in [-0.05, 0) is 29.8 Å². The molecule has 2 heterocycles. The van der Waals surface area contributed by atoms with Crippen molar-refractivity contribution in [2.24, 2.45) is 9.98 Å². The highest BCUT2D eigenvalue weighted by atomic mass is 32.2. The van der Waals surface area contributed by atoms with E-state index in [1.54, 1.807) is 18.2 Å². The van der Waals surface area contributed by atoms with Gasteiger partial charge in [0, 0.05) is 18.2 Å². The maximum atomic E-state index is 12.5. The van der Waals surface area contributed by atoms with Gasteiger partial charge in [0.1, 0.15) is 0 Å². The molecular formula is C24H19N3O3S. The summed E-state index contributed by atoms with van der Waals surface area (Å²) in [5, 5.41) is 3.76. The SMILES string of the molecule is O=C(CSC1=Nc2ccccc2N=C(c2ccccc2)C1)Nc1ccc2c(c1)OCO2. The Morgan fingerprint density at radius 1 is 0.903 bits per heavy atom. The largest absolute Gasteiger partial charge is 0.454 e. The normalized spacial score (nSPS) is 14.2. The Hall–Kier alpha value is -3.58. The number of nitrogens with zero attached hydrogens (tertiary/aromatic N) is 2. The molecule has 0 aromatic heterocycles. The van der Waals surface area contributed by atoms with Gasteiger partial charge in [0.05, 0.1) is 27.9 Å². The molecule has 0 aliphatic carbocycles. The molecule has 5 rings (SSSR count). The summed E-state index contributed by atoms with van der Waals surface area (Å²) in [5.41, 5.74) is 4.31. The van der Waals surface area contributed by atoms with Crippen LogP contribution in [0, 0.1) is 0 Å². The van der Waals surface area contributed by atoms with Crippen LogP contribution in [0.15, 0.2) is 82.8 Å². The number of ether oxygens (including phenoxy) is 2. The zero-order valence-electron chi connectivity index (χ0n) is 16.6. The monoisotopic (exact) mass is 429 g/mol. The maximum Gasteiger partial charge on any atom is 0.234 e. The lowest BCUT2D eigenvalue weighted by Crippen LogP contribution is -2.16. The summed E-state index contributed by atoms with van der Waals surface area (Å²) >= 11 is 1.43. The highest BCUT2D eigenvalue weighted by Crippen LogP contribution is 2.35. The average Bonchev–Trinajstić information content (AvgIpc) is 3.18. The predicted octanol–water partition coefficient (Wildman–Crippen LogP) is 5.34. The van der Waals surface area contributed by atoms with E-state index in [2.05, 4.69) is 5.32 Å². The molecule has 154 valence electrons. The zero-order valence-corrected chi connectivity index (χ0v) is 17.4. The zero-order chi connectivity index (χ0) is 21.0. The quantitative estimate of drug-likeness (QED) is 0.607. The Kier molecular flexibility index (Phi) is 5.41. The lowest BCUT2D eigenvalue weighted by Gasteiger charge is -2.08. The summed E-state index contributed by atoms with van der Waals surface area (Å²) in [6.45, 7) is 0.204. The molecule has 3 aromatic carbocycles. The van der Waals surface area contributed by atoms with Crippen LogP contribution in [0.4, 0.5) is 17.1 Å². The van der Waals surface area contributed by atoms with Crippen LogP contribution in [0.25, 0.3) is 0 Å². The van der Waals surface area contributed by atoms with E-state index in [9.17, 15) is 4.79 Å². The predicted molar refractivity (Wildman–Crippen MR) is 124 cm³/mol. The summed E-state index contributed by atoms with van der Waals surface area (Å²) in [7, 11) is 0. The molecule has 1 amide bonds. The standard InChI is InChI=1S/C24H19N3O3S/c28-23(25-17-10-11-21-22(12-17)30-15-29-21)14-31-24-13-20(16-6-2-1-3-7-16)26-18-8-4-5-9-19(18)27-24/h1-12H,13-15H2,(H,25,28). The van der Waals surface area contributed by atoms with Gasteiger partial charge in [-0.1, -0.05) is 42.5 Å². The molecule has 0 spiro atoms. The van der Waals surface area contributed by atoms with Crippen molar-refractivity contribution in [1.29, 1.82) is 0 Å². The van der Waals surface area contributed by atoms with E-state index < -0.39 is 0 Å². The van der Waals surface area contributed by atoms with Crippen LogP contribution >= 0.6 is 11.8 Å². The topological polar surface area (TPSA) is 72.3 Å². The molecule has 0 radical (unpaired) electrons. The third-order valence-electron chi connectivity index (χ3n) is 4.83. The second-order valence-electron chi connectivity index (χ2n) is 7.00. The van der Waals surface area contributed by atoms with Gasteiger partial charge in [0.25, 0.3) is 0 Å². The van der Waals surface area contributed by atoms with Gasteiger partial charge >= 0.3 is 0 Å². The highest BCUT2D eigenvalue weighted by molar-refractivity contribution is 8.14. The molecule has 0 saturated carbocycles. The van der Waals surface area contributed by atoms with Crippen LogP contribution < -0.4 is 14.8 Å². The number of fused-ring (bicyclic) bond motifs is 2. The van der Waals surface area contributed by atoms with Crippen molar-refractivity contribution in [2.75, 3.05) is 17.9 Å². The van der Waals surface area contributed by atoms with Gasteiger partial charge in [-0.2, -0.15) is 0 Å². The van der Waals surface area contributed by atoms with Crippen LogP contribution in [0.2, 0.25) is 0 Å². The molecule has 0 saturated heterocycles. The number of hydrogen-bond acceptors (Lipinski definition) is 6. The number of rotatable bonds is 4. The van der Waals surface area contributed by atoms with E-state index in [-0.39, 0.29) is 18.5 Å². The fourth-order valence-electron chi connectivity index (χ4n) is 3.36. The summed E-state index contributed by atoms with van der Waals surface area (Å²) in [6, 6.07) is 23.2. The minimum atomic E-state index is -0.109. The van der Waals surface area contributed by atoms with E-state index in [4.69, 9.17) is 19.5 Å². The molecule has 0 bridgehead atoms. The Labute approximate surface area is 184 Å². The molecule has 0 fully saturated rings. The van der Waals surface area contributed by atoms with Crippen LogP contribution in [-0.4, -0.2) is 29.2 Å². The van der Waals surface area contributed by atoms with Crippen LogP contribution in [-0.2, 0) is 4.79 Å². The second kappa shape index (κ2) is 8.65. The smallest absolute Gasteiger partial charge is 0.234 e. The number of para-hydroxylation sites is 2. The molecule has 2 aliphatic heterocycles. The summed E-state index contributed by atoms with van der Waals surface area (Å²) < 4.78 is 10.7. The van der Waals surface area contributed by atoms with E-state index in [1.807, 2.05) is 54.6 Å². The Bertz CT molecular complexity index is 1190. The molecule has 1 N–H and O–H groups in total. The number of carbonyl (C=O) groups is 1. The lowest BCUT2D eigenvalue weighted by atomic mass is 10.1. The number of anilines is 1. The lowest BCUT2D eigenvalue weighted by molar-refractivity contribution is -0.113. The van der Waals surface area contributed by atoms with Crippen molar-refractivity contribution in [1.82, 2.24) is 0 Å². The number of aliphatic imine (C=N–C) groups is 2. The molecule has 2 aliphatic rings. The first-order valence-corrected chi connectivity index (χ1v) is 10.8. The van der Waals surface area contributed by atoms with Gasteiger partial charge in [-0.25, -0.2) is 4.99 Å². The summed E-state index contributed by atoms with van der Waals surface area (Å²) in [6.07, 6.45) is 0.570. The first kappa shape index (κ1) is 19.4.